The quantitative estimate of drug-likeness (QED) is 0.636. The van der Waals surface area contributed by atoms with E-state index >= 15 is 0 Å². The summed E-state index contributed by atoms with van der Waals surface area (Å²) >= 11 is 3.50. The maximum atomic E-state index is 5.76. The second-order valence-electron chi connectivity index (χ2n) is 4.25. The minimum Gasteiger partial charge on any atom is -0.491 e. The molecule has 0 amide bonds. The van der Waals surface area contributed by atoms with Crippen molar-refractivity contribution >= 4 is 15.9 Å². The largest absolute Gasteiger partial charge is 0.491 e. The van der Waals surface area contributed by atoms with Crippen LogP contribution in [0.15, 0.2) is 22.7 Å². The summed E-state index contributed by atoms with van der Waals surface area (Å²) in [6, 6.07) is 6.06. The first-order chi connectivity index (χ1) is 10.2. The van der Waals surface area contributed by atoms with Gasteiger partial charge in [-0.05, 0) is 32.0 Å². The van der Waals surface area contributed by atoms with E-state index in [0.717, 1.165) is 33.8 Å². The molecule has 0 saturated carbocycles. The molecule has 0 aliphatic carbocycles. The zero-order valence-corrected chi connectivity index (χ0v) is 15.4. The molecule has 0 fully saturated rings. The van der Waals surface area contributed by atoms with Crippen molar-refractivity contribution in [2.24, 2.45) is 0 Å². The number of hydrogen-bond acceptors (Lipinski definition) is 2. The maximum absolute atomic E-state index is 5.76. The van der Waals surface area contributed by atoms with Gasteiger partial charge >= 0.3 is 0 Å². The molecule has 21 heavy (non-hydrogen) atoms. The maximum Gasteiger partial charge on any atom is 0.144 e. The number of hydrogen-bond donors (Lipinski definition) is 0. The Morgan fingerprint density at radius 1 is 1.14 bits per heavy atom. The van der Waals surface area contributed by atoms with Crippen LogP contribution in [0.25, 0.3) is 11.4 Å². The molecule has 0 saturated heterocycles. The number of halogens is 1. The molecule has 3 nitrogen and oxygen atoms in total. The fourth-order valence-corrected chi connectivity index (χ4v) is 2.54. The summed E-state index contributed by atoms with van der Waals surface area (Å²) < 4.78 is 9.04. The summed E-state index contributed by atoms with van der Waals surface area (Å²) in [5, 5.41) is 0. The van der Waals surface area contributed by atoms with E-state index in [1.807, 2.05) is 39.8 Å². The third-order valence-electron chi connectivity index (χ3n) is 3.21. The zero-order chi connectivity index (χ0) is 16.0. The van der Waals surface area contributed by atoms with E-state index in [0.29, 0.717) is 6.61 Å². The van der Waals surface area contributed by atoms with Gasteiger partial charge in [0.1, 0.15) is 18.2 Å². The van der Waals surface area contributed by atoms with Crippen molar-refractivity contribution in [3.8, 4) is 17.1 Å². The van der Waals surface area contributed by atoms with Crippen LogP contribution < -0.4 is 4.74 Å². The predicted octanol–water partition coefficient (Wildman–Crippen LogP) is 5.37. The van der Waals surface area contributed by atoms with E-state index in [9.17, 15) is 0 Å². The molecule has 4 heteroatoms. The van der Waals surface area contributed by atoms with Gasteiger partial charge in [0.25, 0.3) is 0 Å². The molecule has 3 rings (SSSR count). The van der Waals surface area contributed by atoms with Gasteiger partial charge in [-0.1, -0.05) is 43.6 Å². The van der Waals surface area contributed by atoms with E-state index < -0.39 is 0 Å². The van der Waals surface area contributed by atoms with Gasteiger partial charge < -0.3 is 9.30 Å². The van der Waals surface area contributed by atoms with Crippen LogP contribution in [-0.2, 0) is 6.54 Å². The summed E-state index contributed by atoms with van der Waals surface area (Å²) in [5.41, 5.74) is 3.37. The normalized spacial score (nSPS) is 11.6. The van der Waals surface area contributed by atoms with Crippen molar-refractivity contribution in [3.63, 3.8) is 0 Å². The summed E-state index contributed by atoms with van der Waals surface area (Å²) in [4.78, 5) is 4.66. The Morgan fingerprint density at radius 3 is 2.48 bits per heavy atom. The van der Waals surface area contributed by atoms with E-state index in [-0.39, 0.29) is 0 Å². The number of imidazole rings is 1. The fourth-order valence-electron chi connectivity index (χ4n) is 2.18. The monoisotopic (exact) mass is 352 g/mol. The van der Waals surface area contributed by atoms with Crippen molar-refractivity contribution in [2.45, 2.75) is 48.1 Å². The molecule has 2 heterocycles. The molecular weight excluding hydrogens is 328 g/mol. The Hall–Kier alpha value is -1.29. The minimum absolute atomic E-state index is 0.693. The van der Waals surface area contributed by atoms with Crippen LogP contribution in [0.2, 0.25) is 0 Å². The van der Waals surface area contributed by atoms with Crippen LogP contribution in [0.3, 0.4) is 0 Å². The van der Waals surface area contributed by atoms with Gasteiger partial charge in [0.05, 0.1) is 17.8 Å². The Balaban J connectivity index is 0.000000510. The molecule has 2 aromatic rings. The molecule has 1 aromatic heterocycles. The summed E-state index contributed by atoms with van der Waals surface area (Å²) in [5.74, 6) is 1.92. The predicted molar refractivity (Wildman–Crippen MR) is 93.0 cm³/mol. The van der Waals surface area contributed by atoms with Gasteiger partial charge in [0.15, 0.2) is 0 Å². The molecule has 0 bridgehead atoms. The highest BCUT2D eigenvalue weighted by atomic mass is 79.9. The molecule has 0 spiro atoms. The van der Waals surface area contributed by atoms with Gasteiger partial charge in [-0.2, -0.15) is 0 Å². The van der Waals surface area contributed by atoms with Crippen molar-refractivity contribution < 1.29 is 4.74 Å². The van der Waals surface area contributed by atoms with Gasteiger partial charge in [-0.3, -0.25) is 0 Å². The topological polar surface area (TPSA) is 27.1 Å². The number of fused-ring (bicyclic) bond motifs is 3. The van der Waals surface area contributed by atoms with E-state index in [2.05, 4.69) is 45.4 Å². The molecule has 1 aliphatic rings. The highest BCUT2D eigenvalue weighted by molar-refractivity contribution is 9.10. The first kappa shape index (κ1) is 17.8. The minimum atomic E-state index is 0.693. The zero-order valence-electron chi connectivity index (χ0n) is 13.8. The number of rotatable bonds is 0. The number of nitrogens with zero attached hydrogens (tertiary/aromatic N) is 2. The Morgan fingerprint density at radius 2 is 1.81 bits per heavy atom. The third-order valence-corrected chi connectivity index (χ3v) is 3.71. The van der Waals surface area contributed by atoms with Crippen LogP contribution in [-0.4, -0.2) is 16.2 Å². The lowest BCUT2D eigenvalue weighted by Gasteiger charge is -2.06. The van der Waals surface area contributed by atoms with Crippen molar-refractivity contribution in [3.05, 3.63) is 34.1 Å². The summed E-state index contributed by atoms with van der Waals surface area (Å²) in [6.45, 7) is 13.7. The first-order valence-electron chi connectivity index (χ1n) is 7.63. The second kappa shape index (κ2) is 8.23. The van der Waals surface area contributed by atoms with E-state index in [1.54, 1.807) is 0 Å². The number of ether oxygens (including phenoxy) is 1. The van der Waals surface area contributed by atoms with Gasteiger partial charge in [-0.15, -0.1) is 0 Å². The van der Waals surface area contributed by atoms with Crippen molar-refractivity contribution in [1.82, 2.24) is 9.55 Å². The van der Waals surface area contributed by atoms with E-state index in [1.165, 1.54) is 5.69 Å². The third kappa shape index (κ3) is 3.67. The van der Waals surface area contributed by atoms with Crippen LogP contribution >= 0.6 is 15.9 Å². The number of aryl methyl sites for hydroxylation is 1. The number of aromatic nitrogens is 2. The Labute approximate surface area is 136 Å². The van der Waals surface area contributed by atoms with Gasteiger partial charge in [0, 0.05) is 10.2 Å². The smallest absolute Gasteiger partial charge is 0.144 e. The van der Waals surface area contributed by atoms with Gasteiger partial charge in [0.2, 0.25) is 0 Å². The Bertz CT molecular complexity index is 591. The molecular formula is C17H25BrN2O. The molecule has 0 atom stereocenters. The summed E-state index contributed by atoms with van der Waals surface area (Å²) in [6.07, 6.45) is 0. The van der Waals surface area contributed by atoms with Crippen LogP contribution in [0.1, 0.15) is 39.1 Å². The average Bonchev–Trinajstić information content (AvgIpc) is 2.70. The van der Waals surface area contributed by atoms with Crippen molar-refractivity contribution in [1.29, 1.82) is 0 Å². The SMILES string of the molecule is CC.CC.Cc1nc2n(c1C)CCOc1ccc(Br)cc1-2. The van der Waals surface area contributed by atoms with Gasteiger partial charge in [-0.25, -0.2) is 4.98 Å². The summed E-state index contributed by atoms with van der Waals surface area (Å²) in [7, 11) is 0. The second-order valence-corrected chi connectivity index (χ2v) is 5.16. The molecule has 0 N–H and O–H groups in total. The molecule has 1 aliphatic heterocycles. The standard InChI is InChI=1S/C13H13BrN2O.2C2H6/c1-8-9(2)16-5-6-17-12-4-3-10(14)7-11(12)13(16)15-8;2*1-2/h3-4,7H,5-6H2,1-2H3;2*1-2H3. The van der Waals surface area contributed by atoms with Crippen LogP contribution in [0, 0.1) is 13.8 Å². The first-order valence-corrected chi connectivity index (χ1v) is 8.42. The molecule has 0 radical (unpaired) electrons. The van der Waals surface area contributed by atoms with Crippen LogP contribution in [0.4, 0.5) is 0 Å². The highest BCUT2D eigenvalue weighted by Crippen LogP contribution is 2.35. The molecule has 1 aromatic carbocycles. The van der Waals surface area contributed by atoms with Crippen LogP contribution in [0.5, 0.6) is 5.75 Å². The lowest BCUT2D eigenvalue weighted by Crippen LogP contribution is -2.07. The molecule has 0 unspecified atom stereocenters. The lowest BCUT2D eigenvalue weighted by molar-refractivity contribution is 0.305. The lowest BCUT2D eigenvalue weighted by atomic mass is 10.2. The fraction of sp³-hybridized carbons (Fsp3) is 0.471. The molecule has 116 valence electrons. The number of benzene rings is 1. The average molecular weight is 353 g/mol. The Kier molecular flexibility index (Phi) is 6.96. The van der Waals surface area contributed by atoms with E-state index in [4.69, 9.17) is 4.74 Å². The highest BCUT2D eigenvalue weighted by Gasteiger charge is 2.19. The van der Waals surface area contributed by atoms with Crippen molar-refractivity contribution in [2.75, 3.05) is 6.61 Å².